The maximum absolute atomic E-state index is 12.7. The molecule has 28 heavy (non-hydrogen) atoms. The van der Waals surface area contributed by atoms with Gasteiger partial charge in [-0.1, -0.05) is 12.1 Å². The molecule has 3 heterocycles. The van der Waals surface area contributed by atoms with E-state index in [4.69, 9.17) is 4.74 Å². The number of rotatable bonds is 6. The normalized spacial score (nSPS) is 14.9. The second-order valence-electron chi connectivity index (χ2n) is 6.54. The highest BCUT2D eigenvalue weighted by Gasteiger charge is 2.18. The van der Waals surface area contributed by atoms with Crippen LogP contribution in [0.2, 0.25) is 0 Å². The van der Waals surface area contributed by atoms with Crippen molar-refractivity contribution in [3.8, 4) is 10.8 Å². The van der Waals surface area contributed by atoms with Gasteiger partial charge in [-0.25, -0.2) is 9.97 Å². The zero-order valence-corrected chi connectivity index (χ0v) is 17.1. The molecule has 1 amide bonds. The highest BCUT2D eigenvalue weighted by molar-refractivity contribution is 7.99. The highest BCUT2D eigenvalue weighted by atomic mass is 32.2. The van der Waals surface area contributed by atoms with Crippen LogP contribution in [0.15, 0.2) is 30.6 Å². The molecule has 3 aromatic rings. The Labute approximate surface area is 171 Å². The van der Waals surface area contributed by atoms with Gasteiger partial charge >= 0.3 is 0 Å². The monoisotopic (exact) mass is 415 g/mol. The molecular weight excluding hydrogens is 394 g/mol. The van der Waals surface area contributed by atoms with Crippen LogP contribution in [0.1, 0.15) is 33.8 Å². The average molecular weight is 416 g/mol. The van der Waals surface area contributed by atoms with Crippen molar-refractivity contribution >= 4 is 34.7 Å². The van der Waals surface area contributed by atoms with Gasteiger partial charge in [-0.2, -0.15) is 16.9 Å². The van der Waals surface area contributed by atoms with Crippen molar-refractivity contribution in [1.82, 2.24) is 20.2 Å². The van der Waals surface area contributed by atoms with Gasteiger partial charge in [0.25, 0.3) is 5.91 Å². The molecule has 0 atom stereocenters. The van der Waals surface area contributed by atoms with E-state index in [9.17, 15) is 4.79 Å². The van der Waals surface area contributed by atoms with Gasteiger partial charge in [-0.3, -0.25) is 9.89 Å². The summed E-state index contributed by atoms with van der Waals surface area (Å²) in [5.41, 5.74) is 2.68. The van der Waals surface area contributed by atoms with Gasteiger partial charge in [0.1, 0.15) is 11.2 Å². The Morgan fingerprint density at radius 1 is 1.39 bits per heavy atom. The minimum Gasteiger partial charge on any atom is -0.381 e. The number of thiazole rings is 1. The van der Waals surface area contributed by atoms with E-state index < -0.39 is 0 Å². The molecule has 9 heteroatoms. The SMILES string of the molecule is Cc1nc(-c2ncn[nH]2)sc1C(=O)Nc1cccc(CSC2CCOCC2)c1. The first kappa shape index (κ1) is 19.1. The zero-order chi connectivity index (χ0) is 19.3. The lowest BCUT2D eigenvalue weighted by atomic mass is 10.2. The Morgan fingerprint density at radius 3 is 3.04 bits per heavy atom. The Bertz CT molecular complexity index is 936. The van der Waals surface area contributed by atoms with Crippen molar-refractivity contribution in [3.63, 3.8) is 0 Å². The molecule has 4 rings (SSSR count). The summed E-state index contributed by atoms with van der Waals surface area (Å²) >= 11 is 3.27. The van der Waals surface area contributed by atoms with Crippen molar-refractivity contribution in [2.45, 2.75) is 30.8 Å². The van der Waals surface area contributed by atoms with Gasteiger partial charge in [0.2, 0.25) is 0 Å². The first-order valence-corrected chi connectivity index (χ1v) is 11.0. The molecule has 1 fully saturated rings. The fourth-order valence-corrected chi connectivity index (χ4v) is 5.04. The number of hydrogen-bond donors (Lipinski definition) is 2. The standard InChI is InChI=1S/C19H21N5O2S2/c1-12-16(28-19(22-12)17-20-11-21-24-17)18(25)23-14-4-2-3-13(9-14)10-27-15-5-7-26-8-6-15/h2-4,9,11,15H,5-8,10H2,1H3,(H,23,25)(H,20,21,24). The van der Waals surface area contributed by atoms with E-state index in [0.29, 0.717) is 26.7 Å². The summed E-state index contributed by atoms with van der Waals surface area (Å²) in [6.07, 6.45) is 3.65. The van der Waals surface area contributed by atoms with Crippen LogP contribution in [0.4, 0.5) is 5.69 Å². The Balaban J connectivity index is 1.40. The van der Waals surface area contributed by atoms with Crippen molar-refractivity contribution < 1.29 is 9.53 Å². The molecule has 1 saturated heterocycles. The zero-order valence-electron chi connectivity index (χ0n) is 15.5. The molecule has 0 saturated carbocycles. The number of aromatic amines is 1. The number of nitrogens with zero attached hydrogens (tertiary/aromatic N) is 3. The van der Waals surface area contributed by atoms with E-state index in [1.165, 1.54) is 23.2 Å². The lowest BCUT2D eigenvalue weighted by molar-refractivity contribution is 0.1000. The second kappa shape index (κ2) is 8.85. The van der Waals surface area contributed by atoms with Gasteiger partial charge in [0.05, 0.1) is 5.69 Å². The summed E-state index contributed by atoms with van der Waals surface area (Å²) < 4.78 is 5.42. The summed E-state index contributed by atoms with van der Waals surface area (Å²) in [6, 6.07) is 8.03. The number of ether oxygens (including phenoxy) is 1. The number of anilines is 1. The van der Waals surface area contributed by atoms with Crippen LogP contribution >= 0.6 is 23.1 Å². The average Bonchev–Trinajstić information content (AvgIpc) is 3.37. The Hall–Kier alpha value is -2.23. The van der Waals surface area contributed by atoms with E-state index in [-0.39, 0.29) is 5.91 Å². The van der Waals surface area contributed by atoms with Gasteiger partial charge in [-0.15, -0.1) is 11.3 Å². The Kier molecular flexibility index (Phi) is 6.04. The van der Waals surface area contributed by atoms with E-state index >= 15 is 0 Å². The summed E-state index contributed by atoms with van der Waals surface area (Å²) in [6.45, 7) is 3.54. The van der Waals surface area contributed by atoms with Gasteiger partial charge in [0, 0.05) is 29.9 Å². The topological polar surface area (TPSA) is 92.8 Å². The quantitative estimate of drug-likeness (QED) is 0.634. The highest BCUT2D eigenvalue weighted by Crippen LogP contribution is 2.28. The first-order valence-electron chi connectivity index (χ1n) is 9.12. The van der Waals surface area contributed by atoms with Gasteiger partial charge < -0.3 is 10.1 Å². The van der Waals surface area contributed by atoms with Crippen LogP contribution < -0.4 is 5.32 Å². The summed E-state index contributed by atoms with van der Waals surface area (Å²) in [5, 5.41) is 10.9. The lowest BCUT2D eigenvalue weighted by Crippen LogP contribution is -2.17. The van der Waals surface area contributed by atoms with Crippen LogP contribution in [0.25, 0.3) is 10.8 Å². The fraction of sp³-hybridized carbons (Fsp3) is 0.368. The predicted octanol–water partition coefficient (Wildman–Crippen LogP) is 3.90. The molecule has 0 bridgehead atoms. The summed E-state index contributed by atoms with van der Waals surface area (Å²) in [7, 11) is 0. The van der Waals surface area contributed by atoms with Crippen molar-refractivity contribution in [2.75, 3.05) is 18.5 Å². The van der Waals surface area contributed by atoms with E-state index in [1.807, 2.05) is 36.9 Å². The Morgan fingerprint density at radius 2 is 2.25 bits per heavy atom. The predicted molar refractivity (Wildman–Crippen MR) is 112 cm³/mol. The molecule has 1 aliphatic rings. The summed E-state index contributed by atoms with van der Waals surface area (Å²) in [4.78, 5) is 21.8. The first-order chi connectivity index (χ1) is 13.7. The largest absolute Gasteiger partial charge is 0.381 e. The molecular formula is C19H21N5O2S2. The van der Waals surface area contributed by atoms with Crippen molar-refractivity contribution in [2.24, 2.45) is 0 Å². The number of aromatic nitrogens is 4. The van der Waals surface area contributed by atoms with Crippen LogP contribution in [-0.2, 0) is 10.5 Å². The van der Waals surface area contributed by atoms with E-state index in [2.05, 4.69) is 31.5 Å². The number of carbonyl (C=O) groups is 1. The third-order valence-electron chi connectivity index (χ3n) is 4.46. The molecule has 0 aliphatic carbocycles. The lowest BCUT2D eigenvalue weighted by Gasteiger charge is -2.21. The maximum atomic E-state index is 12.7. The molecule has 0 radical (unpaired) electrons. The smallest absolute Gasteiger partial charge is 0.267 e. The second-order valence-corrected chi connectivity index (χ2v) is 8.83. The number of benzene rings is 1. The maximum Gasteiger partial charge on any atom is 0.267 e. The van der Waals surface area contributed by atoms with Crippen LogP contribution in [0, 0.1) is 6.92 Å². The van der Waals surface area contributed by atoms with Crippen LogP contribution in [0.3, 0.4) is 0 Å². The molecule has 146 valence electrons. The molecule has 0 spiro atoms. The number of aryl methyl sites for hydroxylation is 1. The number of carbonyl (C=O) groups excluding carboxylic acids is 1. The number of hydrogen-bond acceptors (Lipinski definition) is 7. The van der Waals surface area contributed by atoms with Gasteiger partial charge in [-0.05, 0) is 37.5 Å². The molecule has 7 nitrogen and oxygen atoms in total. The minimum atomic E-state index is -0.157. The number of nitrogens with one attached hydrogen (secondary N) is 2. The third-order valence-corrected chi connectivity index (χ3v) is 7.07. The molecule has 2 N–H and O–H groups in total. The molecule has 2 aromatic heterocycles. The minimum absolute atomic E-state index is 0.157. The fourth-order valence-electron chi connectivity index (χ4n) is 3.00. The molecule has 1 aliphatic heterocycles. The van der Waals surface area contributed by atoms with Crippen molar-refractivity contribution in [1.29, 1.82) is 0 Å². The molecule has 0 unspecified atom stereocenters. The summed E-state index contributed by atoms with van der Waals surface area (Å²) in [5.74, 6) is 1.35. The van der Waals surface area contributed by atoms with E-state index in [0.717, 1.165) is 37.5 Å². The van der Waals surface area contributed by atoms with Crippen LogP contribution in [0.5, 0.6) is 0 Å². The third kappa shape index (κ3) is 4.60. The number of amides is 1. The van der Waals surface area contributed by atoms with Crippen LogP contribution in [-0.4, -0.2) is 44.5 Å². The molecule has 1 aromatic carbocycles. The number of H-pyrrole nitrogens is 1. The number of thioether (sulfide) groups is 1. The van der Waals surface area contributed by atoms with Gasteiger partial charge in [0.15, 0.2) is 10.8 Å². The van der Waals surface area contributed by atoms with Crippen molar-refractivity contribution in [3.05, 3.63) is 46.7 Å². The van der Waals surface area contributed by atoms with E-state index in [1.54, 1.807) is 0 Å².